The quantitative estimate of drug-likeness (QED) is 0.834. The van der Waals surface area contributed by atoms with Crippen LogP contribution in [0.4, 0.5) is 10.1 Å². The second-order valence-electron chi connectivity index (χ2n) is 5.56. The Bertz CT molecular complexity index is 622. The maximum Gasteiger partial charge on any atom is 0.125 e. The van der Waals surface area contributed by atoms with Crippen LogP contribution in [0.5, 0.6) is 0 Å². The lowest BCUT2D eigenvalue weighted by Gasteiger charge is -2.17. The van der Waals surface area contributed by atoms with Gasteiger partial charge in [-0.25, -0.2) is 4.39 Å². The first-order chi connectivity index (χ1) is 9.79. The Balaban J connectivity index is 2.19. The van der Waals surface area contributed by atoms with Gasteiger partial charge < -0.3 is 5.32 Å². The first kappa shape index (κ1) is 13.3. The number of benzene rings is 1. The Morgan fingerprint density at radius 3 is 2.90 bits per heavy atom. The molecule has 20 heavy (non-hydrogen) atoms. The van der Waals surface area contributed by atoms with E-state index in [0.717, 1.165) is 36.7 Å². The summed E-state index contributed by atoms with van der Waals surface area (Å²) in [4.78, 5) is 4.73. The lowest BCUT2D eigenvalue weighted by Crippen LogP contribution is -2.07. The van der Waals surface area contributed by atoms with Gasteiger partial charge in [0.1, 0.15) is 5.82 Å². The molecule has 0 unspecified atom stereocenters. The Hall–Kier alpha value is -1.64. The van der Waals surface area contributed by atoms with Crippen molar-refractivity contribution in [3.63, 3.8) is 0 Å². The van der Waals surface area contributed by atoms with Crippen LogP contribution >= 0.6 is 0 Å². The standard InChI is InChI=1S/C17H21FN2/c1-2-10-19-17-13-6-4-3-5-7-15(13)20-16-11-12(18)8-9-14(16)17/h8-9,11H,2-7,10H2,1H3,(H,19,20). The van der Waals surface area contributed by atoms with Crippen molar-refractivity contribution in [2.24, 2.45) is 0 Å². The molecule has 0 spiro atoms. The summed E-state index contributed by atoms with van der Waals surface area (Å²) in [5.41, 5.74) is 4.49. The number of anilines is 1. The zero-order valence-corrected chi connectivity index (χ0v) is 12.0. The van der Waals surface area contributed by atoms with Crippen LogP contribution in [0, 0.1) is 5.82 Å². The first-order valence-electron chi connectivity index (χ1n) is 7.64. The zero-order valence-electron chi connectivity index (χ0n) is 12.0. The van der Waals surface area contributed by atoms with Crippen molar-refractivity contribution < 1.29 is 4.39 Å². The number of hydrogen-bond donors (Lipinski definition) is 1. The molecule has 2 nitrogen and oxygen atoms in total. The summed E-state index contributed by atoms with van der Waals surface area (Å²) in [5, 5.41) is 4.61. The summed E-state index contributed by atoms with van der Waals surface area (Å²) in [6.07, 6.45) is 6.86. The van der Waals surface area contributed by atoms with Crippen molar-refractivity contribution in [2.45, 2.75) is 45.4 Å². The molecule has 1 aliphatic rings. The molecule has 0 saturated carbocycles. The van der Waals surface area contributed by atoms with E-state index >= 15 is 0 Å². The van der Waals surface area contributed by atoms with E-state index in [9.17, 15) is 4.39 Å². The first-order valence-corrected chi connectivity index (χ1v) is 7.64. The Labute approximate surface area is 119 Å². The molecule has 3 heteroatoms. The molecule has 2 aromatic rings. The van der Waals surface area contributed by atoms with Gasteiger partial charge in [-0.05, 0) is 49.8 Å². The maximum atomic E-state index is 13.5. The predicted octanol–water partition coefficient (Wildman–Crippen LogP) is 4.46. The fraction of sp³-hybridized carbons (Fsp3) is 0.471. The minimum Gasteiger partial charge on any atom is -0.384 e. The summed E-state index contributed by atoms with van der Waals surface area (Å²) < 4.78 is 13.5. The van der Waals surface area contributed by atoms with E-state index in [1.165, 1.54) is 42.3 Å². The monoisotopic (exact) mass is 272 g/mol. The van der Waals surface area contributed by atoms with Gasteiger partial charge in [-0.1, -0.05) is 13.3 Å². The molecule has 0 atom stereocenters. The molecule has 1 N–H and O–H groups in total. The third-order valence-corrected chi connectivity index (χ3v) is 4.03. The SMILES string of the molecule is CCCNc1c2c(nc3cc(F)ccc13)CCCCC2. The van der Waals surface area contributed by atoms with Gasteiger partial charge >= 0.3 is 0 Å². The van der Waals surface area contributed by atoms with Gasteiger partial charge in [-0.15, -0.1) is 0 Å². The minimum absolute atomic E-state index is 0.208. The van der Waals surface area contributed by atoms with Crippen LogP contribution in [0.3, 0.4) is 0 Å². The van der Waals surface area contributed by atoms with E-state index in [1.54, 1.807) is 6.07 Å². The number of halogens is 1. The van der Waals surface area contributed by atoms with Crippen molar-refractivity contribution in [3.05, 3.63) is 35.3 Å². The molecule has 0 saturated heterocycles. The number of nitrogens with zero attached hydrogens (tertiary/aromatic N) is 1. The predicted molar refractivity (Wildman–Crippen MR) is 81.7 cm³/mol. The lowest BCUT2D eigenvalue weighted by atomic mass is 10.0. The van der Waals surface area contributed by atoms with Gasteiger partial charge in [0, 0.05) is 29.4 Å². The van der Waals surface area contributed by atoms with Crippen LogP contribution in [0.15, 0.2) is 18.2 Å². The van der Waals surface area contributed by atoms with E-state index < -0.39 is 0 Å². The third-order valence-electron chi connectivity index (χ3n) is 4.03. The van der Waals surface area contributed by atoms with Gasteiger partial charge in [-0.3, -0.25) is 4.98 Å². The number of nitrogens with one attached hydrogen (secondary N) is 1. The number of fused-ring (bicyclic) bond motifs is 2. The Kier molecular flexibility index (Phi) is 3.86. The van der Waals surface area contributed by atoms with Crippen LogP contribution in [0.25, 0.3) is 10.9 Å². The highest BCUT2D eigenvalue weighted by atomic mass is 19.1. The average molecular weight is 272 g/mol. The molecule has 1 aromatic carbocycles. The van der Waals surface area contributed by atoms with Crippen LogP contribution in [0.1, 0.15) is 43.9 Å². The second-order valence-corrected chi connectivity index (χ2v) is 5.56. The number of rotatable bonds is 3. The summed E-state index contributed by atoms with van der Waals surface area (Å²) in [7, 11) is 0. The largest absolute Gasteiger partial charge is 0.384 e. The van der Waals surface area contributed by atoms with E-state index in [4.69, 9.17) is 4.98 Å². The molecular formula is C17H21FN2. The molecule has 106 valence electrons. The fourth-order valence-electron chi connectivity index (χ4n) is 3.03. The molecule has 1 aromatic heterocycles. The van der Waals surface area contributed by atoms with E-state index in [2.05, 4.69) is 12.2 Å². The fourth-order valence-corrected chi connectivity index (χ4v) is 3.03. The molecule has 0 aliphatic heterocycles. The van der Waals surface area contributed by atoms with Gasteiger partial charge in [0.15, 0.2) is 0 Å². The summed E-state index contributed by atoms with van der Waals surface area (Å²) in [6, 6.07) is 4.95. The van der Waals surface area contributed by atoms with Crippen molar-refractivity contribution >= 4 is 16.6 Å². The highest BCUT2D eigenvalue weighted by Crippen LogP contribution is 2.33. The zero-order chi connectivity index (χ0) is 13.9. The molecule has 1 aliphatic carbocycles. The number of hydrogen-bond acceptors (Lipinski definition) is 2. The smallest absolute Gasteiger partial charge is 0.125 e. The van der Waals surface area contributed by atoms with Crippen LogP contribution in [0.2, 0.25) is 0 Å². The minimum atomic E-state index is -0.208. The molecule has 0 fully saturated rings. The van der Waals surface area contributed by atoms with Gasteiger partial charge in [0.25, 0.3) is 0 Å². The number of aryl methyl sites for hydroxylation is 1. The van der Waals surface area contributed by atoms with E-state index in [-0.39, 0.29) is 5.82 Å². The van der Waals surface area contributed by atoms with Crippen LogP contribution in [-0.2, 0) is 12.8 Å². The third kappa shape index (κ3) is 2.49. The molecule has 0 amide bonds. The highest BCUT2D eigenvalue weighted by molar-refractivity contribution is 5.93. The second kappa shape index (κ2) is 5.78. The highest BCUT2D eigenvalue weighted by Gasteiger charge is 2.17. The van der Waals surface area contributed by atoms with Crippen molar-refractivity contribution in [1.29, 1.82) is 0 Å². The molecule has 0 radical (unpaired) electrons. The van der Waals surface area contributed by atoms with Crippen molar-refractivity contribution in [2.75, 3.05) is 11.9 Å². The summed E-state index contributed by atoms with van der Waals surface area (Å²) in [6.45, 7) is 3.11. The normalized spacial score (nSPS) is 14.9. The Morgan fingerprint density at radius 2 is 2.05 bits per heavy atom. The molecular weight excluding hydrogens is 251 g/mol. The van der Waals surface area contributed by atoms with Crippen molar-refractivity contribution in [1.82, 2.24) is 4.98 Å². The molecule has 1 heterocycles. The Morgan fingerprint density at radius 1 is 1.20 bits per heavy atom. The number of pyridine rings is 1. The maximum absolute atomic E-state index is 13.5. The van der Waals surface area contributed by atoms with Crippen LogP contribution in [-0.4, -0.2) is 11.5 Å². The lowest BCUT2D eigenvalue weighted by molar-refractivity contribution is 0.629. The average Bonchev–Trinajstić information content (AvgIpc) is 2.68. The van der Waals surface area contributed by atoms with Crippen LogP contribution < -0.4 is 5.32 Å². The van der Waals surface area contributed by atoms with Gasteiger partial charge in [0.2, 0.25) is 0 Å². The van der Waals surface area contributed by atoms with E-state index in [1.807, 2.05) is 6.07 Å². The van der Waals surface area contributed by atoms with E-state index in [0.29, 0.717) is 0 Å². The molecule has 0 bridgehead atoms. The topological polar surface area (TPSA) is 24.9 Å². The molecule has 3 rings (SSSR count). The summed E-state index contributed by atoms with van der Waals surface area (Å²) >= 11 is 0. The van der Waals surface area contributed by atoms with Gasteiger partial charge in [0.05, 0.1) is 5.52 Å². The number of aromatic nitrogens is 1. The van der Waals surface area contributed by atoms with Crippen molar-refractivity contribution in [3.8, 4) is 0 Å². The summed E-state index contributed by atoms with van der Waals surface area (Å²) in [5.74, 6) is -0.208. The van der Waals surface area contributed by atoms with Gasteiger partial charge in [-0.2, -0.15) is 0 Å².